The molecule has 0 aliphatic carbocycles. The van der Waals surface area contributed by atoms with Crippen LogP contribution in [0.5, 0.6) is 0 Å². The third-order valence-electron chi connectivity index (χ3n) is 5.35. The SMILES string of the molecule is Cc1cc(C)cc(C(=O)NCCCS(=O)(=O)N2CCN(c3cccc(C)c3)CC2)c1. The lowest BCUT2D eigenvalue weighted by Crippen LogP contribution is -2.49. The zero-order valence-corrected chi connectivity index (χ0v) is 18.8. The van der Waals surface area contributed by atoms with E-state index in [2.05, 4.69) is 35.3 Å². The maximum atomic E-state index is 12.7. The van der Waals surface area contributed by atoms with Crippen LogP contribution >= 0.6 is 0 Å². The van der Waals surface area contributed by atoms with Crippen molar-refractivity contribution in [3.05, 3.63) is 64.7 Å². The summed E-state index contributed by atoms with van der Waals surface area (Å²) in [4.78, 5) is 14.5. The molecule has 0 saturated carbocycles. The van der Waals surface area contributed by atoms with Crippen molar-refractivity contribution < 1.29 is 13.2 Å². The van der Waals surface area contributed by atoms with E-state index in [4.69, 9.17) is 0 Å². The number of amides is 1. The van der Waals surface area contributed by atoms with Crippen LogP contribution < -0.4 is 10.2 Å². The van der Waals surface area contributed by atoms with Gasteiger partial charge >= 0.3 is 0 Å². The van der Waals surface area contributed by atoms with Crippen LogP contribution in [0.15, 0.2) is 42.5 Å². The molecular weight excluding hydrogens is 398 g/mol. The van der Waals surface area contributed by atoms with Crippen molar-refractivity contribution >= 4 is 21.6 Å². The Labute approximate surface area is 179 Å². The Morgan fingerprint density at radius 2 is 1.60 bits per heavy atom. The van der Waals surface area contributed by atoms with Crippen LogP contribution in [0.2, 0.25) is 0 Å². The number of anilines is 1. The van der Waals surface area contributed by atoms with Crippen molar-refractivity contribution in [3.63, 3.8) is 0 Å². The first-order valence-electron chi connectivity index (χ1n) is 10.4. The minimum Gasteiger partial charge on any atom is -0.369 e. The molecule has 7 heteroatoms. The van der Waals surface area contributed by atoms with Gasteiger partial charge in [-0.1, -0.05) is 29.3 Å². The Morgan fingerprint density at radius 1 is 0.933 bits per heavy atom. The minimum atomic E-state index is -3.32. The molecule has 30 heavy (non-hydrogen) atoms. The average Bonchev–Trinajstić information content (AvgIpc) is 2.70. The highest BCUT2D eigenvalue weighted by molar-refractivity contribution is 7.89. The smallest absolute Gasteiger partial charge is 0.251 e. The van der Waals surface area contributed by atoms with Gasteiger partial charge in [0.2, 0.25) is 10.0 Å². The Balaban J connectivity index is 1.45. The number of benzene rings is 2. The maximum absolute atomic E-state index is 12.7. The molecule has 1 aliphatic rings. The summed E-state index contributed by atoms with van der Waals surface area (Å²) in [6.45, 7) is 8.66. The monoisotopic (exact) mass is 429 g/mol. The number of carbonyl (C=O) groups excluding carboxylic acids is 1. The molecule has 2 aromatic carbocycles. The predicted molar refractivity (Wildman–Crippen MR) is 122 cm³/mol. The van der Waals surface area contributed by atoms with E-state index in [1.54, 1.807) is 4.31 Å². The number of carbonyl (C=O) groups is 1. The number of hydrogen-bond donors (Lipinski definition) is 1. The molecule has 1 aliphatic heterocycles. The molecule has 1 amide bonds. The molecule has 2 aromatic rings. The molecule has 6 nitrogen and oxygen atoms in total. The van der Waals surface area contributed by atoms with Crippen molar-refractivity contribution in [2.24, 2.45) is 0 Å². The number of nitrogens with one attached hydrogen (secondary N) is 1. The van der Waals surface area contributed by atoms with Gasteiger partial charge in [0.15, 0.2) is 0 Å². The molecule has 0 radical (unpaired) electrons. The van der Waals surface area contributed by atoms with Crippen LogP contribution in [0.4, 0.5) is 5.69 Å². The Morgan fingerprint density at radius 3 is 2.23 bits per heavy atom. The van der Waals surface area contributed by atoms with E-state index < -0.39 is 10.0 Å². The highest BCUT2D eigenvalue weighted by Crippen LogP contribution is 2.19. The van der Waals surface area contributed by atoms with E-state index in [0.29, 0.717) is 44.7 Å². The zero-order valence-electron chi connectivity index (χ0n) is 18.0. The highest BCUT2D eigenvalue weighted by Gasteiger charge is 2.26. The van der Waals surface area contributed by atoms with E-state index in [-0.39, 0.29) is 11.7 Å². The highest BCUT2D eigenvalue weighted by atomic mass is 32.2. The maximum Gasteiger partial charge on any atom is 0.251 e. The summed E-state index contributed by atoms with van der Waals surface area (Å²) in [5.74, 6) is -0.115. The summed E-state index contributed by atoms with van der Waals surface area (Å²) in [6, 6.07) is 14.0. The topological polar surface area (TPSA) is 69.7 Å². The summed E-state index contributed by atoms with van der Waals surface area (Å²) in [6.07, 6.45) is 0.400. The third kappa shape index (κ3) is 5.83. The summed E-state index contributed by atoms with van der Waals surface area (Å²) >= 11 is 0. The molecule has 0 unspecified atom stereocenters. The number of aryl methyl sites for hydroxylation is 3. The molecule has 0 bridgehead atoms. The van der Waals surface area contributed by atoms with Crippen LogP contribution in [-0.2, 0) is 10.0 Å². The quantitative estimate of drug-likeness (QED) is 0.687. The van der Waals surface area contributed by atoms with E-state index >= 15 is 0 Å². The number of piperazine rings is 1. The fourth-order valence-electron chi connectivity index (χ4n) is 3.84. The zero-order chi connectivity index (χ0) is 21.7. The largest absolute Gasteiger partial charge is 0.369 e. The molecule has 0 aromatic heterocycles. The average molecular weight is 430 g/mol. The standard InChI is InChI=1S/C23H31N3O3S/c1-18-6-4-7-22(17-18)25-9-11-26(12-10-25)30(28,29)13-5-8-24-23(27)21-15-19(2)14-20(3)16-21/h4,6-7,14-17H,5,8-13H2,1-3H3,(H,24,27). The first kappa shape index (κ1) is 22.3. The van der Waals surface area contributed by atoms with Crippen molar-refractivity contribution in [2.75, 3.05) is 43.4 Å². The van der Waals surface area contributed by atoms with Gasteiger partial charge in [-0.25, -0.2) is 8.42 Å². The second-order valence-electron chi connectivity index (χ2n) is 8.03. The number of rotatable bonds is 7. The third-order valence-corrected chi connectivity index (χ3v) is 7.30. The van der Waals surface area contributed by atoms with Gasteiger partial charge in [0.25, 0.3) is 5.91 Å². The number of hydrogen-bond acceptors (Lipinski definition) is 4. The van der Waals surface area contributed by atoms with Crippen LogP contribution in [0.25, 0.3) is 0 Å². The van der Waals surface area contributed by atoms with Crippen LogP contribution in [0.1, 0.15) is 33.5 Å². The fraction of sp³-hybridized carbons (Fsp3) is 0.435. The first-order chi connectivity index (χ1) is 14.2. The van der Waals surface area contributed by atoms with Crippen LogP contribution in [-0.4, -0.2) is 57.1 Å². The lowest BCUT2D eigenvalue weighted by atomic mass is 10.1. The molecule has 3 rings (SSSR count). The summed E-state index contributed by atoms with van der Waals surface area (Å²) in [5, 5.41) is 2.83. The van der Waals surface area contributed by atoms with Gasteiger partial charge in [-0.05, 0) is 57.0 Å². The van der Waals surface area contributed by atoms with Gasteiger partial charge in [0, 0.05) is 44.0 Å². The molecular formula is C23H31N3O3S. The lowest BCUT2D eigenvalue weighted by molar-refractivity contribution is 0.0953. The van der Waals surface area contributed by atoms with E-state index in [9.17, 15) is 13.2 Å². The van der Waals surface area contributed by atoms with Gasteiger partial charge < -0.3 is 10.2 Å². The van der Waals surface area contributed by atoms with E-state index in [1.807, 2.05) is 38.1 Å². The number of nitrogens with zero attached hydrogens (tertiary/aromatic N) is 2. The summed E-state index contributed by atoms with van der Waals surface area (Å²) in [5.41, 5.74) is 5.02. The molecule has 1 fully saturated rings. The molecule has 1 N–H and O–H groups in total. The molecule has 1 heterocycles. The summed E-state index contributed by atoms with van der Waals surface area (Å²) < 4.78 is 26.9. The number of sulfonamides is 1. The van der Waals surface area contributed by atoms with Gasteiger partial charge in [-0.15, -0.1) is 0 Å². The summed E-state index contributed by atoms with van der Waals surface area (Å²) in [7, 11) is -3.32. The van der Waals surface area contributed by atoms with Crippen molar-refractivity contribution in [1.29, 1.82) is 0 Å². The van der Waals surface area contributed by atoms with Gasteiger partial charge in [-0.3, -0.25) is 4.79 Å². The van der Waals surface area contributed by atoms with Gasteiger partial charge in [0.1, 0.15) is 0 Å². The van der Waals surface area contributed by atoms with Crippen molar-refractivity contribution in [1.82, 2.24) is 9.62 Å². The molecule has 0 spiro atoms. The van der Waals surface area contributed by atoms with Crippen molar-refractivity contribution in [2.45, 2.75) is 27.2 Å². The Kier molecular flexibility index (Phi) is 7.15. The predicted octanol–water partition coefficient (Wildman–Crippen LogP) is 2.88. The first-order valence-corrected chi connectivity index (χ1v) is 12.0. The van der Waals surface area contributed by atoms with Crippen molar-refractivity contribution in [3.8, 4) is 0 Å². The minimum absolute atomic E-state index is 0.0462. The van der Waals surface area contributed by atoms with E-state index in [0.717, 1.165) is 16.8 Å². The Hall–Kier alpha value is -2.38. The van der Waals surface area contributed by atoms with E-state index in [1.165, 1.54) is 5.56 Å². The van der Waals surface area contributed by atoms with Gasteiger partial charge in [-0.2, -0.15) is 4.31 Å². The second kappa shape index (κ2) is 9.62. The fourth-order valence-corrected chi connectivity index (χ4v) is 5.33. The van der Waals surface area contributed by atoms with Crippen LogP contribution in [0.3, 0.4) is 0 Å². The van der Waals surface area contributed by atoms with Gasteiger partial charge in [0.05, 0.1) is 5.75 Å². The Bertz CT molecular complexity index is 976. The lowest BCUT2D eigenvalue weighted by Gasteiger charge is -2.35. The normalized spacial score (nSPS) is 15.2. The van der Waals surface area contributed by atoms with Crippen LogP contribution in [0, 0.1) is 20.8 Å². The molecule has 0 atom stereocenters. The molecule has 162 valence electrons. The second-order valence-corrected chi connectivity index (χ2v) is 10.1. The molecule has 1 saturated heterocycles.